The van der Waals surface area contributed by atoms with Gasteiger partial charge in [0.2, 0.25) is 0 Å². The topological polar surface area (TPSA) is 33.7 Å². The summed E-state index contributed by atoms with van der Waals surface area (Å²) in [5.74, 6) is 1.58. The van der Waals surface area contributed by atoms with Crippen molar-refractivity contribution in [3.05, 3.63) is 23.8 Å². The Bertz CT molecular complexity index is 403. The molecule has 1 aromatic carbocycles. The van der Waals surface area contributed by atoms with E-state index < -0.39 is 0 Å². The number of hydrogen-bond acceptors (Lipinski definition) is 4. The highest BCUT2D eigenvalue weighted by Crippen LogP contribution is 2.27. The summed E-state index contributed by atoms with van der Waals surface area (Å²) < 4.78 is 10.6. The van der Waals surface area contributed by atoms with Gasteiger partial charge in [0, 0.05) is 19.6 Å². The first-order valence-electron chi connectivity index (χ1n) is 7.47. The van der Waals surface area contributed by atoms with Crippen molar-refractivity contribution >= 4 is 0 Å². The van der Waals surface area contributed by atoms with Gasteiger partial charge in [-0.2, -0.15) is 0 Å². The maximum absolute atomic E-state index is 5.32. The van der Waals surface area contributed by atoms with Crippen LogP contribution in [-0.4, -0.2) is 45.3 Å². The summed E-state index contributed by atoms with van der Waals surface area (Å²) in [6.45, 7) is 5.58. The lowest BCUT2D eigenvalue weighted by molar-refractivity contribution is 0.229. The van der Waals surface area contributed by atoms with Crippen LogP contribution in [0.1, 0.15) is 24.8 Å². The van der Waals surface area contributed by atoms with Gasteiger partial charge in [-0.25, -0.2) is 0 Å². The molecule has 1 aliphatic heterocycles. The largest absolute Gasteiger partial charge is 0.493 e. The predicted molar refractivity (Wildman–Crippen MR) is 81.5 cm³/mol. The van der Waals surface area contributed by atoms with Crippen LogP contribution in [0.3, 0.4) is 0 Å². The molecule has 1 aromatic rings. The first kappa shape index (κ1) is 15.1. The van der Waals surface area contributed by atoms with Gasteiger partial charge >= 0.3 is 0 Å². The number of nitrogens with one attached hydrogen (secondary N) is 1. The maximum Gasteiger partial charge on any atom is 0.161 e. The van der Waals surface area contributed by atoms with Gasteiger partial charge in [0.15, 0.2) is 11.5 Å². The highest BCUT2D eigenvalue weighted by Gasteiger charge is 2.09. The van der Waals surface area contributed by atoms with E-state index >= 15 is 0 Å². The van der Waals surface area contributed by atoms with Gasteiger partial charge in [-0.1, -0.05) is 12.5 Å². The first-order valence-corrected chi connectivity index (χ1v) is 7.47. The number of piperidine rings is 1. The SMILES string of the molecule is COc1ccc(CNCCN2CCCCC2)cc1OC. The molecule has 0 unspecified atom stereocenters. The molecule has 0 saturated carbocycles. The second-order valence-corrected chi connectivity index (χ2v) is 5.27. The second kappa shape index (κ2) is 8.12. The van der Waals surface area contributed by atoms with E-state index in [9.17, 15) is 0 Å². The normalized spacial score (nSPS) is 16.1. The van der Waals surface area contributed by atoms with Crippen LogP contribution < -0.4 is 14.8 Å². The molecule has 4 nitrogen and oxygen atoms in total. The Morgan fingerprint density at radius 3 is 2.50 bits per heavy atom. The Morgan fingerprint density at radius 1 is 1.05 bits per heavy atom. The summed E-state index contributed by atoms with van der Waals surface area (Å²) in [6.07, 6.45) is 4.11. The highest BCUT2D eigenvalue weighted by atomic mass is 16.5. The number of nitrogens with zero attached hydrogens (tertiary/aromatic N) is 1. The van der Waals surface area contributed by atoms with E-state index in [1.165, 1.54) is 37.9 Å². The van der Waals surface area contributed by atoms with Crippen LogP contribution >= 0.6 is 0 Å². The average molecular weight is 278 g/mol. The summed E-state index contributed by atoms with van der Waals surface area (Å²) in [7, 11) is 3.33. The molecule has 0 radical (unpaired) electrons. The third-order valence-electron chi connectivity index (χ3n) is 3.83. The fourth-order valence-corrected chi connectivity index (χ4v) is 2.64. The lowest BCUT2D eigenvalue weighted by Gasteiger charge is -2.26. The summed E-state index contributed by atoms with van der Waals surface area (Å²) in [5, 5.41) is 3.50. The molecule has 1 N–H and O–H groups in total. The predicted octanol–water partition coefficient (Wildman–Crippen LogP) is 2.28. The van der Waals surface area contributed by atoms with E-state index in [4.69, 9.17) is 9.47 Å². The summed E-state index contributed by atoms with van der Waals surface area (Å²) >= 11 is 0. The molecular formula is C16H26N2O2. The third-order valence-corrected chi connectivity index (χ3v) is 3.83. The molecule has 0 aromatic heterocycles. The minimum absolute atomic E-state index is 0.782. The van der Waals surface area contributed by atoms with E-state index in [0.29, 0.717) is 0 Å². The van der Waals surface area contributed by atoms with Crippen LogP contribution in [0.2, 0.25) is 0 Å². The zero-order valence-electron chi connectivity index (χ0n) is 12.7. The molecule has 112 valence electrons. The van der Waals surface area contributed by atoms with Gasteiger partial charge < -0.3 is 19.7 Å². The van der Waals surface area contributed by atoms with Crippen LogP contribution in [0, 0.1) is 0 Å². The van der Waals surface area contributed by atoms with E-state index in [1.54, 1.807) is 14.2 Å². The zero-order chi connectivity index (χ0) is 14.2. The Balaban J connectivity index is 1.73. The van der Waals surface area contributed by atoms with Gasteiger partial charge in [-0.3, -0.25) is 0 Å². The minimum atomic E-state index is 0.782. The van der Waals surface area contributed by atoms with E-state index in [-0.39, 0.29) is 0 Å². The number of benzene rings is 1. The number of hydrogen-bond donors (Lipinski definition) is 1. The molecule has 20 heavy (non-hydrogen) atoms. The van der Waals surface area contributed by atoms with Gasteiger partial charge in [0.1, 0.15) is 0 Å². The molecule has 0 atom stereocenters. The Kier molecular flexibility index (Phi) is 6.15. The lowest BCUT2D eigenvalue weighted by atomic mass is 10.1. The molecule has 0 aliphatic carbocycles. The van der Waals surface area contributed by atoms with E-state index in [0.717, 1.165) is 31.1 Å². The van der Waals surface area contributed by atoms with Crippen LogP contribution in [0.15, 0.2) is 18.2 Å². The van der Waals surface area contributed by atoms with Gasteiger partial charge in [-0.05, 0) is 43.6 Å². The van der Waals surface area contributed by atoms with Gasteiger partial charge in [0.05, 0.1) is 14.2 Å². The van der Waals surface area contributed by atoms with Crippen LogP contribution in [0.4, 0.5) is 0 Å². The number of rotatable bonds is 7. The zero-order valence-corrected chi connectivity index (χ0v) is 12.7. The molecule has 0 spiro atoms. The third kappa shape index (κ3) is 4.39. The molecular weight excluding hydrogens is 252 g/mol. The van der Waals surface area contributed by atoms with Crippen molar-refractivity contribution in [1.29, 1.82) is 0 Å². The average Bonchev–Trinajstić information content (AvgIpc) is 2.52. The van der Waals surface area contributed by atoms with E-state index in [2.05, 4.69) is 16.3 Å². The fraction of sp³-hybridized carbons (Fsp3) is 0.625. The smallest absolute Gasteiger partial charge is 0.161 e. The van der Waals surface area contributed by atoms with Crippen molar-refractivity contribution in [2.45, 2.75) is 25.8 Å². The van der Waals surface area contributed by atoms with Crippen molar-refractivity contribution in [3.63, 3.8) is 0 Å². The first-order chi connectivity index (χ1) is 9.83. The standard InChI is InChI=1S/C16H26N2O2/c1-19-15-7-6-14(12-16(15)20-2)13-17-8-11-18-9-4-3-5-10-18/h6-7,12,17H,3-5,8-11,13H2,1-2H3. The maximum atomic E-state index is 5.32. The quantitative estimate of drug-likeness (QED) is 0.776. The van der Waals surface area contributed by atoms with E-state index in [1.807, 2.05) is 12.1 Å². The molecule has 1 fully saturated rings. The van der Waals surface area contributed by atoms with Crippen LogP contribution in [-0.2, 0) is 6.54 Å². The molecule has 1 aliphatic rings. The number of methoxy groups -OCH3 is 2. The summed E-state index contributed by atoms with van der Waals surface area (Å²) in [6, 6.07) is 6.07. The molecule has 2 rings (SSSR count). The Morgan fingerprint density at radius 2 is 1.80 bits per heavy atom. The molecule has 4 heteroatoms. The van der Waals surface area contributed by atoms with Crippen molar-refractivity contribution in [2.75, 3.05) is 40.4 Å². The van der Waals surface area contributed by atoms with Crippen molar-refractivity contribution in [3.8, 4) is 11.5 Å². The van der Waals surface area contributed by atoms with Crippen LogP contribution in [0.5, 0.6) is 11.5 Å². The molecule has 1 heterocycles. The van der Waals surface area contributed by atoms with Gasteiger partial charge in [0.25, 0.3) is 0 Å². The number of ether oxygens (including phenoxy) is 2. The lowest BCUT2D eigenvalue weighted by Crippen LogP contribution is -2.35. The molecule has 1 saturated heterocycles. The Hall–Kier alpha value is -1.26. The molecule has 0 bridgehead atoms. The van der Waals surface area contributed by atoms with Crippen molar-refractivity contribution in [2.24, 2.45) is 0 Å². The molecule has 0 amide bonds. The summed E-state index contributed by atoms with van der Waals surface area (Å²) in [4.78, 5) is 2.55. The van der Waals surface area contributed by atoms with Gasteiger partial charge in [-0.15, -0.1) is 0 Å². The second-order valence-electron chi connectivity index (χ2n) is 5.27. The fourth-order valence-electron chi connectivity index (χ4n) is 2.64. The van der Waals surface area contributed by atoms with Crippen LogP contribution in [0.25, 0.3) is 0 Å². The van der Waals surface area contributed by atoms with Crippen molar-refractivity contribution in [1.82, 2.24) is 10.2 Å². The van der Waals surface area contributed by atoms with Crippen molar-refractivity contribution < 1.29 is 9.47 Å². The highest BCUT2D eigenvalue weighted by molar-refractivity contribution is 5.42. The number of likely N-dealkylation sites (tertiary alicyclic amines) is 1. The Labute approximate surface area is 122 Å². The summed E-state index contributed by atoms with van der Waals surface area (Å²) in [5.41, 5.74) is 1.22. The monoisotopic (exact) mass is 278 g/mol. The minimum Gasteiger partial charge on any atom is -0.493 e.